The molecule has 0 aliphatic carbocycles. The molecule has 0 bridgehead atoms. The Balaban J connectivity index is 2.14. The van der Waals surface area contributed by atoms with Crippen molar-refractivity contribution >= 4 is 18.2 Å². The van der Waals surface area contributed by atoms with Crippen LogP contribution >= 0.6 is 0 Å². The number of rotatable bonds is 5. The normalized spacial score (nSPS) is 22.2. The van der Waals surface area contributed by atoms with Gasteiger partial charge in [0.1, 0.15) is 18.2 Å². The highest BCUT2D eigenvalue weighted by Crippen LogP contribution is 2.34. The standard InChI is InChI=1S/C22H32N2O6/c1-21(2,3)18-24(20(27)28-14-15-10-8-7-9-11-15)16(17(25)29-18)12-13-23-19(26)30-22(4,5)6/h7-11,16,18H,12-14H2,1-6H3,(H,23,26)/t16-,18-/m0/s1/i16D. The zero-order valence-electron chi connectivity index (χ0n) is 19.5. The van der Waals surface area contributed by atoms with Crippen molar-refractivity contribution in [2.45, 2.75) is 72.4 Å². The monoisotopic (exact) mass is 421 g/mol. The van der Waals surface area contributed by atoms with Gasteiger partial charge in [-0.25, -0.2) is 14.4 Å². The summed E-state index contributed by atoms with van der Waals surface area (Å²) in [6, 6.07) is 7.06. The quantitative estimate of drug-likeness (QED) is 0.573. The van der Waals surface area contributed by atoms with E-state index in [1.807, 2.05) is 18.2 Å². The van der Waals surface area contributed by atoms with Crippen molar-refractivity contribution in [2.24, 2.45) is 5.41 Å². The number of hydrogen-bond donors (Lipinski definition) is 1. The summed E-state index contributed by atoms with van der Waals surface area (Å²) in [5.41, 5.74) is -0.556. The molecule has 0 aromatic heterocycles. The lowest BCUT2D eigenvalue weighted by Gasteiger charge is -2.33. The van der Waals surface area contributed by atoms with Crippen molar-refractivity contribution in [2.75, 3.05) is 6.54 Å². The van der Waals surface area contributed by atoms with Crippen LogP contribution in [0.4, 0.5) is 9.59 Å². The lowest BCUT2D eigenvalue weighted by atomic mass is 9.93. The summed E-state index contributed by atoms with van der Waals surface area (Å²) in [5.74, 6) is -0.866. The molecule has 1 heterocycles. The number of cyclic esters (lactones) is 1. The predicted molar refractivity (Wildman–Crippen MR) is 110 cm³/mol. The second-order valence-electron chi connectivity index (χ2n) is 9.16. The Labute approximate surface area is 179 Å². The van der Waals surface area contributed by atoms with Gasteiger partial charge in [-0.2, -0.15) is 0 Å². The highest BCUT2D eigenvalue weighted by Gasteiger charge is 2.50. The molecule has 2 atom stereocenters. The van der Waals surface area contributed by atoms with E-state index < -0.39 is 41.4 Å². The Morgan fingerprint density at radius 1 is 1.17 bits per heavy atom. The maximum Gasteiger partial charge on any atom is 0.413 e. The van der Waals surface area contributed by atoms with Crippen LogP contribution < -0.4 is 5.32 Å². The van der Waals surface area contributed by atoms with Gasteiger partial charge in [0, 0.05) is 12.0 Å². The number of hydrogen-bond acceptors (Lipinski definition) is 6. The molecule has 1 fully saturated rings. The van der Waals surface area contributed by atoms with Crippen molar-refractivity contribution < 1.29 is 30.0 Å². The zero-order valence-corrected chi connectivity index (χ0v) is 18.5. The molecule has 1 aliphatic heterocycles. The first-order valence-corrected chi connectivity index (χ1v) is 9.92. The minimum absolute atomic E-state index is 0.00648. The Bertz CT molecular complexity index is 802. The summed E-state index contributed by atoms with van der Waals surface area (Å²) < 4.78 is 24.7. The van der Waals surface area contributed by atoms with Gasteiger partial charge >= 0.3 is 18.2 Å². The topological polar surface area (TPSA) is 94.2 Å². The molecule has 2 rings (SSSR count). The van der Waals surface area contributed by atoms with Crippen LogP contribution in [-0.2, 0) is 25.6 Å². The molecule has 1 aromatic rings. The van der Waals surface area contributed by atoms with Crippen molar-refractivity contribution in [3.63, 3.8) is 0 Å². The Kier molecular flexibility index (Phi) is 6.84. The highest BCUT2D eigenvalue weighted by molar-refractivity contribution is 5.84. The number of carbonyl (C=O) groups excluding carboxylic acids is 3. The molecule has 0 radical (unpaired) electrons. The van der Waals surface area contributed by atoms with E-state index >= 15 is 0 Å². The van der Waals surface area contributed by atoms with Crippen LogP contribution in [0.15, 0.2) is 30.3 Å². The molecule has 2 amide bonds. The number of alkyl carbamates (subject to hydrolysis) is 1. The summed E-state index contributed by atoms with van der Waals surface area (Å²) in [7, 11) is 0. The average Bonchev–Trinajstić information content (AvgIpc) is 2.90. The molecular weight excluding hydrogens is 388 g/mol. The van der Waals surface area contributed by atoms with Gasteiger partial charge in [-0.1, -0.05) is 51.1 Å². The second-order valence-corrected chi connectivity index (χ2v) is 9.16. The van der Waals surface area contributed by atoms with Crippen LogP contribution in [0.3, 0.4) is 0 Å². The Morgan fingerprint density at radius 3 is 2.37 bits per heavy atom. The lowest BCUT2D eigenvalue weighted by molar-refractivity contribution is -0.147. The average molecular weight is 422 g/mol. The van der Waals surface area contributed by atoms with E-state index in [0.717, 1.165) is 10.5 Å². The van der Waals surface area contributed by atoms with Gasteiger partial charge in [-0.05, 0) is 32.8 Å². The fourth-order valence-corrected chi connectivity index (χ4v) is 2.84. The first-order valence-electron chi connectivity index (χ1n) is 10.4. The first-order chi connectivity index (χ1) is 14.2. The van der Waals surface area contributed by atoms with Crippen LogP contribution in [0, 0.1) is 5.41 Å². The van der Waals surface area contributed by atoms with E-state index in [9.17, 15) is 14.4 Å². The molecule has 1 aromatic carbocycles. The van der Waals surface area contributed by atoms with E-state index in [0.29, 0.717) is 0 Å². The molecule has 0 spiro atoms. The molecule has 1 N–H and O–H groups in total. The number of amides is 2. The Hall–Kier alpha value is -2.77. The number of nitrogens with one attached hydrogen (secondary N) is 1. The molecule has 0 unspecified atom stereocenters. The summed E-state index contributed by atoms with van der Waals surface area (Å²) >= 11 is 0. The van der Waals surface area contributed by atoms with E-state index in [2.05, 4.69) is 5.32 Å². The largest absolute Gasteiger partial charge is 0.444 e. The molecule has 30 heavy (non-hydrogen) atoms. The molecule has 8 heteroatoms. The number of esters is 1. The van der Waals surface area contributed by atoms with Crippen LogP contribution in [0.5, 0.6) is 0 Å². The van der Waals surface area contributed by atoms with Gasteiger partial charge in [0.25, 0.3) is 0 Å². The summed E-state index contributed by atoms with van der Waals surface area (Å²) in [4.78, 5) is 38.5. The molecule has 1 saturated heterocycles. The van der Waals surface area contributed by atoms with Crippen LogP contribution in [-0.4, -0.2) is 47.4 Å². The van der Waals surface area contributed by atoms with Gasteiger partial charge in [0.15, 0.2) is 6.23 Å². The lowest BCUT2D eigenvalue weighted by Crippen LogP contribution is -2.49. The summed E-state index contributed by atoms with van der Waals surface area (Å²) in [5, 5.41) is 2.52. The van der Waals surface area contributed by atoms with Gasteiger partial charge in [-0.3, -0.25) is 4.90 Å². The van der Waals surface area contributed by atoms with Crippen molar-refractivity contribution in [3.05, 3.63) is 35.9 Å². The molecular formula is C22H32N2O6. The van der Waals surface area contributed by atoms with Gasteiger partial charge in [-0.15, -0.1) is 0 Å². The van der Waals surface area contributed by atoms with Crippen LogP contribution in [0.1, 0.15) is 54.9 Å². The SMILES string of the molecule is [2H][C@]1(CCNC(=O)OC(C)(C)C)C(=O)O[C@@H](C(C)(C)C)N1C(=O)OCc1ccccc1. The third-order valence-electron chi connectivity index (χ3n) is 4.15. The summed E-state index contributed by atoms with van der Waals surface area (Å²) in [6.07, 6.45) is -2.67. The van der Waals surface area contributed by atoms with Gasteiger partial charge in [0.05, 0.1) is 1.37 Å². The van der Waals surface area contributed by atoms with Crippen LogP contribution in [0.2, 0.25) is 0 Å². The fourth-order valence-electron chi connectivity index (χ4n) is 2.84. The molecule has 1 aliphatic rings. The minimum atomic E-state index is -2.04. The number of carbonyl (C=O) groups is 3. The van der Waals surface area contributed by atoms with E-state index in [4.69, 9.17) is 15.6 Å². The highest BCUT2D eigenvalue weighted by atomic mass is 16.6. The summed E-state index contributed by atoms with van der Waals surface area (Å²) in [6.45, 7) is 10.5. The Morgan fingerprint density at radius 2 is 1.80 bits per heavy atom. The third kappa shape index (κ3) is 6.64. The molecule has 166 valence electrons. The van der Waals surface area contributed by atoms with E-state index in [-0.39, 0.29) is 19.6 Å². The van der Waals surface area contributed by atoms with Crippen LogP contribution in [0.25, 0.3) is 0 Å². The maximum atomic E-state index is 13.0. The number of benzene rings is 1. The predicted octanol–water partition coefficient (Wildman–Crippen LogP) is 3.84. The zero-order chi connectivity index (χ0) is 23.4. The van der Waals surface area contributed by atoms with Gasteiger partial charge in [0.2, 0.25) is 0 Å². The number of ether oxygens (including phenoxy) is 3. The molecule has 0 saturated carbocycles. The maximum absolute atomic E-state index is 13.0. The smallest absolute Gasteiger partial charge is 0.413 e. The van der Waals surface area contributed by atoms with Crippen molar-refractivity contribution in [1.82, 2.24) is 10.2 Å². The molecule has 8 nitrogen and oxygen atoms in total. The second kappa shape index (κ2) is 9.36. The first kappa shape index (κ1) is 21.9. The third-order valence-corrected chi connectivity index (χ3v) is 4.15. The van der Waals surface area contributed by atoms with Crippen molar-refractivity contribution in [3.8, 4) is 0 Å². The van der Waals surface area contributed by atoms with E-state index in [1.54, 1.807) is 53.7 Å². The van der Waals surface area contributed by atoms with E-state index in [1.165, 1.54) is 0 Å². The fraction of sp³-hybridized carbons (Fsp3) is 0.591. The number of nitrogens with zero attached hydrogens (tertiary/aromatic N) is 1. The minimum Gasteiger partial charge on any atom is -0.444 e. The van der Waals surface area contributed by atoms with Crippen molar-refractivity contribution in [1.29, 1.82) is 0 Å². The van der Waals surface area contributed by atoms with Gasteiger partial charge < -0.3 is 19.5 Å².